The lowest BCUT2D eigenvalue weighted by molar-refractivity contribution is -0.00533. The molecule has 182 valence electrons. The molecule has 1 saturated heterocycles. The SMILES string of the molecule is CCc1cc2c(cc1N1CCC(O)(C3CC3)CC1)C(C)(C)c1[nH]c3cc(/C=N/C)ccc3c1C2=O. The Morgan fingerprint density at radius 2 is 1.91 bits per heavy atom. The fourth-order valence-corrected chi connectivity index (χ4v) is 6.50. The highest BCUT2D eigenvalue weighted by Gasteiger charge is 2.46. The summed E-state index contributed by atoms with van der Waals surface area (Å²) in [6, 6.07) is 10.6. The van der Waals surface area contributed by atoms with Crippen molar-refractivity contribution in [2.75, 3.05) is 25.0 Å². The standard InChI is InChI=1S/C30H35N3O2/c1-5-19-15-22-23(16-25(19)33-12-10-30(35,11-13-33)20-7-8-20)29(2,3)28-26(27(22)34)21-9-6-18(17-31-4)14-24(21)32-28/h6,9,14-17,20,32,35H,5,7-8,10-13H2,1-4H3/b31-17+. The van der Waals surface area contributed by atoms with Gasteiger partial charge in [-0.25, -0.2) is 0 Å². The summed E-state index contributed by atoms with van der Waals surface area (Å²) in [5.41, 5.74) is 7.35. The molecule has 2 aromatic carbocycles. The number of H-pyrrole nitrogens is 1. The molecule has 1 saturated carbocycles. The van der Waals surface area contributed by atoms with Gasteiger partial charge in [-0.1, -0.05) is 32.9 Å². The van der Waals surface area contributed by atoms with Crippen LogP contribution in [0.25, 0.3) is 10.9 Å². The van der Waals surface area contributed by atoms with E-state index in [0.29, 0.717) is 5.92 Å². The molecule has 2 fully saturated rings. The summed E-state index contributed by atoms with van der Waals surface area (Å²) in [5, 5.41) is 12.0. The summed E-state index contributed by atoms with van der Waals surface area (Å²) in [6.45, 7) is 8.35. The quantitative estimate of drug-likeness (QED) is 0.504. The van der Waals surface area contributed by atoms with Crippen molar-refractivity contribution < 1.29 is 9.90 Å². The third-order valence-electron chi connectivity index (χ3n) is 8.78. The molecule has 35 heavy (non-hydrogen) atoms. The second-order valence-corrected chi connectivity index (χ2v) is 11.3. The predicted molar refractivity (Wildman–Crippen MR) is 142 cm³/mol. The van der Waals surface area contributed by atoms with Crippen LogP contribution in [0.5, 0.6) is 0 Å². The predicted octanol–water partition coefficient (Wildman–Crippen LogP) is 5.39. The molecule has 0 radical (unpaired) electrons. The minimum absolute atomic E-state index is 0.112. The van der Waals surface area contributed by atoms with Gasteiger partial charge in [-0.05, 0) is 72.9 Å². The maximum Gasteiger partial charge on any atom is 0.195 e. The molecule has 2 N–H and O–H groups in total. The number of aliphatic imine (C=N–C) groups is 1. The Morgan fingerprint density at radius 3 is 2.57 bits per heavy atom. The van der Waals surface area contributed by atoms with Crippen LogP contribution in [0.4, 0.5) is 5.69 Å². The van der Waals surface area contributed by atoms with Crippen molar-refractivity contribution in [3.8, 4) is 0 Å². The van der Waals surface area contributed by atoms with Gasteiger partial charge in [0.1, 0.15) is 0 Å². The van der Waals surface area contributed by atoms with E-state index in [0.717, 1.165) is 71.2 Å². The Kier molecular flexibility index (Phi) is 5.02. The van der Waals surface area contributed by atoms with E-state index in [2.05, 4.69) is 53.8 Å². The van der Waals surface area contributed by atoms with E-state index < -0.39 is 5.60 Å². The molecule has 2 heterocycles. The van der Waals surface area contributed by atoms with E-state index in [4.69, 9.17) is 0 Å². The number of aromatic amines is 1. The molecule has 0 amide bonds. The normalized spacial score (nSPS) is 20.9. The zero-order valence-corrected chi connectivity index (χ0v) is 21.2. The van der Waals surface area contributed by atoms with Gasteiger partial charge in [0.2, 0.25) is 0 Å². The molecule has 2 aliphatic carbocycles. The van der Waals surface area contributed by atoms with Gasteiger partial charge in [0.25, 0.3) is 0 Å². The average molecular weight is 470 g/mol. The number of piperidine rings is 1. The van der Waals surface area contributed by atoms with Gasteiger partial charge in [0, 0.05) is 59.6 Å². The first-order valence-corrected chi connectivity index (χ1v) is 13.0. The summed E-state index contributed by atoms with van der Waals surface area (Å²) in [4.78, 5) is 24.1. The Balaban J connectivity index is 1.44. The number of anilines is 1. The molecule has 0 unspecified atom stereocenters. The van der Waals surface area contributed by atoms with Gasteiger partial charge in [0.05, 0.1) is 11.2 Å². The first-order valence-electron chi connectivity index (χ1n) is 13.0. The van der Waals surface area contributed by atoms with Crippen LogP contribution in [0, 0.1) is 5.92 Å². The number of nitrogens with one attached hydrogen (secondary N) is 1. The van der Waals surface area contributed by atoms with Gasteiger partial charge in [-0.15, -0.1) is 0 Å². The number of hydrogen-bond acceptors (Lipinski definition) is 4. The molecule has 0 spiro atoms. The second-order valence-electron chi connectivity index (χ2n) is 11.3. The first-order chi connectivity index (χ1) is 16.8. The van der Waals surface area contributed by atoms with Gasteiger partial charge in [-0.3, -0.25) is 9.79 Å². The number of benzene rings is 2. The number of carbonyl (C=O) groups excluding carboxylic acids is 1. The number of carbonyl (C=O) groups is 1. The van der Waals surface area contributed by atoms with Gasteiger partial charge in [0.15, 0.2) is 5.78 Å². The molecular formula is C30H35N3O2. The Labute approximate surface area is 207 Å². The number of hydrogen-bond donors (Lipinski definition) is 2. The van der Waals surface area contributed by atoms with Gasteiger partial charge in [-0.2, -0.15) is 0 Å². The van der Waals surface area contributed by atoms with Crippen molar-refractivity contribution in [2.45, 2.75) is 63.9 Å². The van der Waals surface area contributed by atoms with Crippen molar-refractivity contribution in [1.29, 1.82) is 0 Å². The van der Waals surface area contributed by atoms with E-state index in [9.17, 15) is 9.90 Å². The topological polar surface area (TPSA) is 68.7 Å². The number of nitrogens with zero attached hydrogens (tertiary/aromatic N) is 2. The summed E-state index contributed by atoms with van der Waals surface area (Å²) < 4.78 is 0. The molecule has 5 nitrogen and oxygen atoms in total. The first kappa shape index (κ1) is 22.5. The fraction of sp³-hybridized carbons (Fsp3) is 0.467. The molecule has 6 rings (SSSR count). The van der Waals surface area contributed by atoms with Crippen molar-refractivity contribution in [1.82, 2.24) is 4.98 Å². The number of aliphatic hydroxyl groups is 1. The molecule has 1 aromatic heterocycles. The van der Waals surface area contributed by atoms with E-state index in [1.807, 2.05) is 18.3 Å². The molecular weight excluding hydrogens is 434 g/mol. The van der Waals surface area contributed by atoms with E-state index >= 15 is 0 Å². The van der Waals surface area contributed by atoms with Crippen LogP contribution < -0.4 is 4.90 Å². The van der Waals surface area contributed by atoms with Crippen LogP contribution in [0.3, 0.4) is 0 Å². The van der Waals surface area contributed by atoms with E-state index in [-0.39, 0.29) is 11.2 Å². The van der Waals surface area contributed by atoms with Gasteiger partial charge >= 0.3 is 0 Å². The summed E-state index contributed by atoms with van der Waals surface area (Å²) in [6.07, 6.45) is 6.71. The monoisotopic (exact) mass is 469 g/mol. The maximum absolute atomic E-state index is 13.9. The number of aromatic nitrogens is 1. The lowest BCUT2D eigenvalue weighted by atomic mass is 9.70. The fourth-order valence-electron chi connectivity index (χ4n) is 6.50. The minimum Gasteiger partial charge on any atom is -0.389 e. The number of fused-ring (bicyclic) bond motifs is 4. The van der Waals surface area contributed by atoms with Gasteiger partial charge < -0.3 is 15.0 Å². The lowest BCUT2D eigenvalue weighted by Gasteiger charge is -2.41. The van der Waals surface area contributed by atoms with Crippen LogP contribution in [0.15, 0.2) is 35.3 Å². The van der Waals surface area contributed by atoms with E-state index in [1.54, 1.807) is 7.05 Å². The third kappa shape index (κ3) is 3.39. The van der Waals surface area contributed by atoms with Crippen LogP contribution in [-0.4, -0.2) is 47.8 Å². The Morgan fingerprint density at radius 1 is 1.17 bits per heavy atom. The molecule has 1 aliphatic heterocycles. The second kappa shape index (κ2) is 7.79. The van der Waals surface area contributed by atoms with Crippen LogP contribution in [-0.2, 0) is 11.8 Å². The maximum atomic E-state index is 13.9. The molecule has 3 aromatic rings. The Bertz CT molecular complexity index is 1370. The smallest absolute Gasteiger partial charge is 0.195 e. The summed E-state index contributed by atoms with van der Waals surface area (Å²) >= 11 is 0. The van der Waals surface area contributed by atoms with E-state index in [1.165, 1.54) is 24.1 Å². The molecule has 3 aliphatic rings. The minimum atomic E-state index is -0.479. The number of rotatable bonds is 4. The summed E-state index contributed by atoms with van der Waals surface area (Å²) in [7, 11) is 1.77. The molecule has 5 heteroatoms. The third-order valence-corrected chi connectivity index (χ3v) is 8.78. The summed E-state index contributed by atoms with van der Waals surface area (Å²) in [5.74, 6) is 0.611. The number of aryl methyl sites for hydroxylation is 1. The van der Waals surface area contributed by atoms with Crippen molar-refractivity contribution in [3.63, 3.8) is 0 Å². The lowest BCUT2D eigenvalue weighted by Crippen LogP contribution is -2.46. The van der Waals surface area contributed by atoms with Crippen molar-refractivity contribution >= 4 is 28.6 Å². The highest BCUT2D eigenvalue weighted by Crippen LogP contribution is 2.48. The van der Waals surface area contributed by atoms with Crippen molar-refractivity contribution in [2.24, 2.45) is 10.9 Å². The van der Waals surface area contributed by atoms with Crippen LogP contribution >= 0.6 is 0 Å². The van der Waals surface area contributed by atoms with Crippen molar-refractivity contribution in [3.05, 3.63) is 63.8 Å². The molecule has 0 atom stereocenters. The average Bonchev–Trinajstić information content (AvgIpc) is 3.64. The largest absolute Gasteiger partial charge is 0.389 e. The highest BCUT2D eigenvalue weighted by atomic mass is 16.3. The van der Waals surface area contributed by atoms with Crippen LogP contribution in [0.1, 0.15) is 84.8 Å². The number of ketones is 1. The molecule has 0 bridgehead atoms. The zero-order chi connectivity index (χ0) is 24.5. The van der Waals surface area contributed by atoms with Crippen LogP contribution in [0.2, 0.25) is 0 Å². The zero-order valence-electron chi connectivity index (χ0n) is 21.2. The highest BCUT2D eigenvalue weighted by molar-refractivity contribution is 6.20. The Hall–Kier alpha value is -2.92.